The van der Waals surface area contributed by atoms with Crippen LogP contribution < -0.4 is 10.1 Å². The molecule has 1 aliphatic rings. The first-order chi connectivity index (χ1) is 9.83. The van der Waals surface area contributed by atoms with Crippen molar-refractivity contribution in [3.8, 4) is 5.88 Å². The van der Waals surface area contributed by atoms with Gasteiger partial charge in [-0.25, -0.2) is 4.98 Å². The molecule has 1 aliphatic heterocycles. The van der Waals surface area contributed by atoms with Crippen LogP contribution in [-0.4, -0.2) is 18.1 Å². The van der Waals surface area contributed by atoms with E-state index in [9.17, 15) is 0 Å². The summed E-state index contributed by atoms with van der Waals surface area (Å²) >= 11 is 3.39. The van der Waals surface area contributed by atoms with E-state index in [1.807, 2.05) is 18.2 Å². The fourth-order valence-corrected chi connectivity index (χ4v) is 2.81. The smallest absolute Gasteiger partial charge is 0.213 e. The van der Waals surface area contributed by atoms with Gasteiger partial charge in [-0.3, -0.25) is 0 Å². The average molecular weight is 333 g/mol. The number of hydrogen-bond acceptors (Lipinski definition) is 3. The number of hydrogen-bond donors (Lipinski definition) is 1. The second-order valence-corrected chi connectivity index (χ2v) is 5.93. The molecule has 1 aromatic carbocycles. The Balaban J connectivity index is 1.83. The molecule has 1 fully saturated rings. The molecule has 0 spiro atoms. The Morgan fingerprint density at radius 2 is 2.05 bits per heavy atom. The lowest BCUT2D eigenvalue weighted by Gasteiger charge is -2.24. The largest absolute Gasteiger partial charge is 0.469 e. The summed E-state index contributed by atoms with van der Waals surface area (Å²) < 4.78 is 7.13. The van der Waals surface area contributed by atoms with Gasteiger partial charge in [0.2, 0.25) is 5.88 Å². The minimum absolute atomic E-state index is 0.0554. The van der Waals surface area contributed by atoms with Crippen LogP contribution in [0.15, 0.2) is 53.1 Å². The Labute approximate surface area is 127 Å². The molecule has 2 aromatic rings. The van der Waals surface area contributed by atoms with Gasteiger partial charge in [-0.1, -0.05) is 30.3 Å². The molecule has 1 N–H and O–H groups in total. The van der Waals surface area contributed by atoms with Crippen molar-refractivity contribution in [2.45, 2.75) is 12.5 Å². The van der Waals surface area contributed by atoms with E-state index in [4.69, 9.17) is 4.74 Å². The van der Waals surface area contributed by atoms with Crippen LogP contribution in [0.25, 0.3) is 0 Å². The molecule has 104 valence electrons. The van der Waals surface area contributed by atoms with E-state index in [0.29, 0.717) is 11.8 Å². The van der Waals surface area contributed by atoms with Crippen LogP contribution in [0.1, 0.15) is 18.1 Å². The fourth-order valence-electron chi connectivity index (χ4n) is 2.58. The van der Waals surface area contributed by atoms with E-state index in [0.717, 1.165) is 24.0 Å². The van der Waals surface area contributed by atoms with Gasteiger partial charge < -0.3 is 10.1 Å². The third-order valence-corrected chi connectivity index (χ3v) is 4.07. The molecule has 1 saturated heterocycles. The highest BCUT2D eigenvalue weighted by Gasteiger charge is 2.28. The zero-order valence-electron chi connectivity index (χ0n) is 11.1. The number of pyridine rings is 1. The van der Waals surface area contributed by atoms with Crippen molar-refractivity contribution < 1.29 is 4.74 Å². The van der Waals surface area contributed by atoms with Crippen LogP contribution in [0.5, 0.6) is 5.88 Å². The highest BCUT2D eigenvalue weighted by atomic mass is 79.9. The topological polar surface area (TPSA) is 34.1 Å². The van der Waals surface area contributed by atoms with Gasteiger partial charge in [-0.2, -0.15) is 0 Å². The predicted molar refractivity (Wildman–Crippen MR) is 82.7 cm³/mol. The van der Waals surface area contributed by atoms with Crippen LogP contribution >= 0.6 is 15.9 Å². The molecular weight excluding hydrogens is 316 g/mol. The summed E-state index contributed by atoms with van der Waals surface area (Å²) in [7, 11) is 0. The molecule has 3 rings (SSSR count). The SMILES string of the molecule is Brc1ccc(O[C@@H](c2ccccc2)C2CCNC2)nc1. The van der Waals surface area contributed by atoms with Crippen molar-refractivity contribution in [2.75, 3.05) is 13.1 Å². The molecule has 4 heteroatoms. The molecule has 0 amide bonds. The van der Waals surface area contributed by atoms with Crippen molar-refractivity contribution >= 4 is 15.9 Å². The fraction of sp³-hybridized carbons (Fsp3) is 0.312. The third-order valence-electron chi connectivity index (χ3n) is 3.60. The van der Waals surface area contributed by atoms with Gasteiger partial charge in [0, 0.05) is 29.2 Å². The van der Waals surface area contributed by atoms with E-state index in [-0.39, 0.29) is 6.10 Å². The first-order valence-electron chi connectivity index (χ1n) is 6.87. The average Bonchev–Trinajstić information content (AvgIpc) is 3.01. The molecule has 3 nitrogen and oxygen atoms in total. The zero-order valence-corrected chi connectivity index (χ0v) is 12.7. The first-order valence-corrected chi connectivity index (χ1v) is 7.66. The summed E-state index contributed by atoms with van der Waals surface area (Å²) in [5, 5.41) is 3.41. The standard InChI is InChI=1S/C16H17BrN2O/c17-14-6-7-15(19-11-14)20-16(13-8-9-18-10-13)12-4-2-1-3-5-12/h1-7,11,13,16,18H,8-10H2/t13?,16-/m0/s1. The lowest BCUT2D eigenvalue weighted by atomic mass is 9.95. The molecule has 20 heavy (non-hydrogen) atoms. The van der Waals surface area contributed by atoms with E-state index < -0.39 is 0 Å². The Bertz CT molecular complexity index is 538. The molecule has 0 bridgehead atoms. The van der Waals surface area contributed by atoms with Gasteiger partial charge in [0.1, 0.15) is 6.10 Å². The lowest BCUT2D eigenvalue weighted by Crippen LogP contribution is -2.21. The van der Waals surface area contributed by atoms with Gasteiger partial charge in [0.15, 0.2) is 0 Å². The molecular formula is C16H17BrN2O. The highest BCUT2D eigenvalue weighted by Crippen LogP contribution is 2.31. The number of nitrogens with zero attached hydrogens (tertiary/aromatic N) is 1. The predicted octanol–water partition coefficient (Wildman–Crippen LogP) is 3.57. The molecule has 1 aromatic heterocycles. The van der Waals surface area contributed by atoms with Gasteiger partial charge in [-0.15, -0.1) is 0 Å². The van der Waals surface area contributed by atoms with Gasteiger partial charge in [-0.05, 0) is 40.5 Å². The van der Waals surface area contributed by atoms with Crippen molar-refractivity contribution in [1.29, 1.82) is 0 Å². The molecule has 2 atom stereocenters. The Morgan fingerprint density at radius 3 is 2.70 bits per heavy atom. The van der Waals surface area contributed by atoms with Crippen LogP contribution in [0.2, 0.25) is 0 Å². The monoisotopic (exact) mass is 332 g/mol. The third kappa shape index (κ3) is 3.19. The van der Waals surface area contributed by atoms with Crippen LogP contribution in [0.3, 0.4) is 0 Å². The summed E-state index contributed by atoms with van der Waals surface area (Å²) in [5.74, 6) is 1.16. The second kappa shape index (κ2) is 6.37. The van der Waals surface area contributed by atoms with Crippen LogP contribution in [0, 0.1) is 5.92 Å². The van der Waals surface area contributed by atoms with Crippen molar-refractivity contribution in [2.24, 2.45) is 5.92 Å². The Morgan fingerprint density at radius 1 is 1.20 bits per heavy atom. The quantitative estimate of drug-likeness (QED) is 0.929. The zero-order chi connectivity index (χ0) is 13.8. The Hall–Kier alpha value is -1.39. The van der Waals surface area contributed by atoms with Crippen LogP contribution in [0.4, 0.5) is 0 Å². The summed E-state index contributed by atoms with van der Waals surface area (Å²) in [6.45, 7) is 2.06. The van der Waals surface area contributed by atoms with E-state index in [1.165, 1.54) is 5.56 Å². The summed E-state index contributed by atoms with van der Waals surface area (Å²) in [6.07, 6.45) is 2.96. The van der Waals surface area contributed by atoms with Crippen LogP contribution in [-0.2, 0) is 0 Å². The summed E-state index contributed by atoms with van der Waals surface area (Å²) in [4.78, 5) is 4.33. The maximum atomic E-state index is 6.17. The number of rotatable bonds is 4. The molecule has 0 radical (unpaired) electrons. The first kappa shape index (κ1) is 13.6. The normalized spacial score (nSPS) is 19.8. The summed E-state index contributed by atoms with van der Waals surface area (Å²) in [6, 6.07) is 14.3. The number of aromatic nitrogens is 1. The minimum Gasteiger partial charge on any atom is -0.469 e. The maximum absolute atomic E-state index is 6.17. The van der Waals surface area contributed by atoms with Gasteiger partial charge in [0.05, 0.1) is 0 Å². The number of nitrogens with one attached hydrogen (secondary N) is 1. The highest BCUT2D eigenvalue weighted by molar-refractivity contribution is 9.10. The maximum Gasteiger partial charge on any atom is 0.213 e. The molecule has 0 aliphatic carbocycles. The summed E-state index contributed by atoms with van der Waals surface area (Å²) in [5.41, 5.74) is 1.21. The Kier molecular flexibility index (Phi) is 4.33. The minimum atomic E-state index is 0.0554. The van der Waals surface area contributed by atoms with E-state index in [2.05, 4.69) is 50.5 Å². The van der Waals surface area contributed by atoms with E-state index in [1.54, 1.807) is 6.20 Å². The van der Waals surface area contributed by atoms with Crippen molar-refractivity contribution in [3.63, 3.8) is 0 Å². The number of ether oxygens (including phenoxy) is 1. The molecule has 1 unspecified atom stereocenters. The number of halogens is 1. The van der Waals surface area contributed by atoms with Crippen molar-refractivity contribution in [1.82, 2.24) is 10.3 Å². The van der Waals surface area contributed by atoms with E-state index >= 15 is 0 Å². The van der Waals surface area contributed by atoms with Gasteiger partial charge >= 0.3 is 0 Å². The molecule has 0 saturated carbocycles. The molecule has 2 heterocycles. The lowest BCUT2D eigenvalue weighted by molar-refractivity contribution is 0.138. The second-order valence-electron chi connectivity index (χ2n) is 5.02. The number of benzene rings is 1. The van der Waals surface area contributed by atoms with Crippen molar-refractivity contribution in [3.05, 3.63) is 58.7 Å². The van der Waals surface area contributed by atoms with Gasteiger partial charge in [0.25, 0.3) is 0 Å².